The Labute approximate surface area is 288 Å². The molecule has 0 saturated heterocycles. The summed E-state index contributed by atoms with van der Waals surface area (Å²) in [4.78, 5) is 20.8. The third-order valence-corrected chi connectivity index (χ3v) is 13.2. The fourth-order valence-corrected chi connectivity index (χ4v) is 11.4. The van der Waals surface area contributed by atoms with Gasteiger partial charge in [0.05, 0.1) is 0 Å². The quantitative estimate of drug-likeness (QED) is 0.181. The van der Waals surface area contributed by atoms with Crippen molar-refractivity contribution in [1.82, 2.24) is 15.0 Å². The average molecular weight is 646 g/mol. The number of aromatic nitrogens is 3. The summed E-state index contributed by atoms with van der Waals surface area (Å²) < 4.78 is 0. The Morgan fingerprint density at radius 2 is 0.694 bits per heavy atom. The smallest absolute Gasteiger partial charge is 0.165 e. The summed E-state index contributed by atoms with van der Waals surface area (Å²) in [6.07, 6.45) is 0. The van der Waals surface area contributed by atoms with Crippen LogP contribution < -0.4 is 0 Å². The van der Waals surface area contributed by atoms with E-state index in [0.717, 1.165) is 22.3 Å². The van der Waals surface area contributed by atoms with Gasteiger partial charge >= 0.3 is 0 Å². The van der Waals surface area contributed by atoms with Gasteiger partial charge in [-0.1, -0.05) is 158 Å². The van der Waals surface area contributed by atoms with Gasteiger partial charge in [0.2, 0.25) is 0 Å². The number of benzene rings is 7. The fraction of sp³-hybridized carbons (Fsp3) is 0. The standard InChI is InChI=1S/C45H31N3S/c1-5-16-32(17-6-1)33-28-30-35(31-29-33)44-46-43(34-18-7-2-8-19-34)47-45(48-44)40-26-15-25-39-38-24-13-14-27-41(38)49(42(39)40,36-20-9-3-10-21-36)37-22-11-4-12-23-37/h1-31H. The van der Waals surface area contributed by atoms with Crippen LogP contribution in [-0.2, 0) is 0 Å². The van der Waals surface area contributed by atoms with Crippen LogP contribution in [0.5, 0.6) is 0 Å². The van der Waals surface area contributed by atoms with Crippen LogP contribution in [0.3, 0.4) is 0 Å². The Balaban J connectivity index is 1.32. The molecule has 1 aliphatic heterocycles. The lowest BCUT2D eigenvalue weighted by Gasteiger charge is -2.40. The summed E-state index contributed by atoms with van der Waals surface area (Å²) in [6, 6.07) is 66.7. The van der Waals surface area contributed by atoms with Gasteiger partial charge in [-0.2, -0.15) is 0 Å². The zero-order chi connectivity index (χ0) is 32.6. The van der Waals surface area contributed by atoms with E-state index in [0.29, 0.717) is 17.5 Å². The van der Waals surface area contributed by atoms with Crippen molar-refractivity contribution in [1.29, 1.82) is 0 Å². The SMILES string of the molecule is c1ccc(-c2ccc(-c3nc(-c4ccccc4)nc(-c4cccc5c4S(c4ccccc4)(c4ccccc4)c4ccccc4-5)n3)cc2)cc1. The van der Waals surface area contributed by atoms with Gasteiger partial charge in [0.25, 0.3) is 0 Å². The molecule has 0 spiro atoms. The number of nitrogens with zero attached hydrogens (tertiary/aromatic N) is 3. The summed E-state index contributed by atoms with van der Waals surface area (Å²) in [5.74, 6) is 1.97. The van der Waals surface area contributed by atoms with E-state index in [2.05, 4.69) is 164 Å². The molecule has 0 saturated carbocycles. The molecule has 7 aromatic carbocycles. The maximum Gasteiger partial charge on any atom is 0.165 e. The van der Waals surface area contributed by atoms with Gasteiger partial charge in [-0.3, -0.25) is 0 Å². The maximum atomic E-state index is 5.29. The average Bonchev–Trinajstić information content (AvgIpc) is 3.50. The molecule has 9 rings (SSSR count). The summed E-state index contributed by atoms with van der Waals surface area (Å²) in [6.45, 7) is 0. The summed E-state index contributed by atoms with van der Waals surface area (Å²) in [5, 5.41) is 0. The molecule has 49 heavy (non-hydrogen) atoms. The van der Waals surface area contributed by atoms with E-state index in [4.69, 9.17) is 15.0 Å². The van der Waals surface area contributed by atoms with Crippen molar-refractivity contribution in [2.45, 2.75) is 19.6 Å². The van der Waals surface area contributed by atoms with Gasteiger partial charge in [-0.05, 0) is 52.6 Å². The second-order valence-electron chi connectivity index (χ2n) is 12.0. The molecule has 0 radical (unpaired) electrons. The molecular weight excluding hydrogens is 615 g/mol. The highest BCUT2D eigenvalue weighted by Gasteiger charge is 2.44. The molecule has 0 aliphatic carbocycles. The van der Waals surface area contributed by atoms with Crippen molar-refractivity contribution in [2.24, 2.45) is 0 Å². The van der Waals surface area contributed by atoms with Gasteiger partial charge < -0.3 is 0 Å². The fourth-order valence-electron chi connectivity index (χ4n) is 6.98. The lowest BCUT2D eigenvalue weighted by atomic mass is 10.0. The largest absolute Gasteiger partial charge is 0.208 e. The predicted molar refractivity (Wildman–Crippen MR) is 201 cm³/mol. The third-order valence-electron chi connectivity index (χ3n) is 9.18. The van der Waals surface area contributed by atoms with E-state index in [1.807, 2.05) is 24.3 Å². The maximum absolute atomic E-state index is 5.29. The molecule has 4 heteroatoms. The Hall–Kier alpha value is -6.10. The van der Waals surface area contributed by atoms with Gasteiger partial charge in [0, 0.05) is 36.3 Å². The highest BCUT2D eigenvalue weighted by molar-refractivity contribution is 8.34. The molecule has 0 amide bonds. The number of rotatable bonds is 6. The summed E-state index contributed by atoms with van der Waals surface area (Å²) in [7, 11) is -1.91. The predicted octanol–water partition coefficient (Wildman–Crippen LogP) is 11.9. The Morgan fingerprint density at radius 3 is 1.31 bits per heavy atom. The number of fused-ring (bicyclic) bond motifs is 3. The van der Waals surface area contributed by atoms with Crippen molar-refractivity contribution in [2.75, 3.05) is 0 Å². The number of hydrogen-bond donors (Lipinski definition) is 0. The first-order valence-electron chi connectivity index (χ1n) is 16.4. The van der Waals surface area contributed by atoms with Crippen LogP contribution in [0.25, 0.3) is 56.4 Å². The Kier molecular flexibility index (Phi) is 7.22. The van der Waals surface area contributed by atoms with E-state index in [1.165, 1.54) is 36.3 Å². The minimum atomic E-state index is -1.91. The van der Waals surface area contributed by atoms with Gasteiger partial charge in [0.1, 0.15) is 0 Å². The van der Waals surface area contributed by atoms with Gasteiger partial charge in [-0.15, -0.1) is 10.0 Å². The van der Waals surface area contributed by atoms with E-state index < -0.39 is 10.0 Å². The zero-order valence-electron chi connectivity index (χ0n) is 26.6. The zero-order valence-corrected chi connectivity index (χ0v) is 27.5. The van der Waals surface area contributed by atoms with Crippen LogP contribution in [0.2, 0.25) is 0 Å². The van der Waals surface area contributed by atoms with Crippen LogP contribution in [0.1, 0.15) is 0 Å². The van der Waals surface area contributed by atoms with E-state index in [9.17, 15) is 0 Å². The van der Waals surface area contributed by atoms with Crippen LogP contribution in [0.4, 0.5) is 0 Å². The van der Waals surface area contributed by atoms with Crippen molar-refractivity contribution in [3.8, 4) is 56.4 Å². The molecule has 0 atom stereocenters. The topological polar surface area (TPSA) is 38.7 Å². The van der Waals surface area contributed by atoms with Crippen molar-refractivity contribution >= 4 is 10.0 Å². The van der Waals surface area contributed by atoms with Crippen molar-refractivity contribution in [3.63, 3.8) is 0 Å². The molecule has 1 aromatic heterocycles. The minimum absolute atomic E-state index is 0.650. The minimum Gasteiger partial charge on any atom is -0.208 e. The highest BCUT2D eigenvalue weighted by Crippen LogP contribution is 2.81. The summed E-state index contributed by atoms with van der Waals surface area (Å²) >= 11 is 0. The molecule has 1 aliphatic rings. The highest BCUT2D eigenvalue weighted by atomic mass is 32.3. The Bertz CT molecular complexity index is 2370. The first kappa shape index (κ1) is 29.1. The van der Waals surface area contributed by atoms with E-state index in [-0.39, 0.29) is 0 Å². The molecule has 3 nitrogen and oxygen atoms in total. The molecule has 232 valence electrons. The summed E-state index contributed by atoms with van der Waals surface area (Å²) in [5.41, 5.74) is 7.74. The Morgan fingerprint density at radius 1 is 0.286 bits per heavy atom. The second-order valence-corrected chi connectivity index (χ2v) is 15.0. The first-order valence-corrected chi connectivity index (χ1v) is 18.1. The number of hydrogen-bond acceptors (Lipinski definition) is 3. The second kappa shape index (κ2) is 12.2. The lowest BCUT2D eigenvalue weighted by Crippen LogP contribution is -2.06. The third kappa shape index (κ3) is 4.88. The van der Waals surface area contributed by atoms with Crippen LogP contribution in [0, 0.1) is 0 Å². The van der Waals surface area contributed by atoms with Crippen molar-refractivity contribution < 1.29 is 0 Å². The molecule has 8 aromatic rings. The molecule has 0 bridgehead atoms. The molecule has 0 N–H and O–H groups in total. The molecular formula is C45H31N3S. The van der Waals surface area contributed by atoms with E-state index in [1.54, 1.807) is 0 Å². The lowest BCUT2D eigenvalue weighted by molar-refractivity contribution is 1.07. The molecule has 0 fully saturated rings. The first-order chi connectivity index (χ1) is 24.3. The molecule has 2 heterocycles. The normalized spacial score (nSPS) is 13.3. The van der Waals surface area contributed by atoms with Gasteiger partial charge in [0.15, 0.2) is 17.5 Å². The molecule has 0 unspecified atom stereocenters. The van der Waals surface area contributed by atoms with Crippen molar-refractivity contribution in [3.05, 3.63) is 188 Å². The van der Waals surface area contributed by atoms with E-state index >= 15 is 0 Å². The van der Waals surface area contributed by atoms with Crippen LogP contribution in [0.15, 0.2) is 208 Å². The monoisotopic (exact) mass is 645 g/mol. The van der Waals surface area contributed by atoms with Gasteiger partial charge in [-0.25, -0.2) is 15.0 Å². The van der Waals surface area contributed by atoms with Crippen LogP contribution >= 0.6 is 10.0 Å². The van der Waals surface area contributed by atoms with Crippen LogP contribution in [-0.4, -0.2) is 15.0 Å².